The molecular formula is C15H22FN5. The molecule has 114 valence electrons. The molecule has 1 atom stereocenters. The summed E-state index contributed by atoms with van der Waals surface area (Å²) in [5.74, 6) is 1.17. The molecule has 5 nitrogen and oxygen atoms in total. The molecule has 0 saturated carbocycles. The molecule has 0 saturated heterocycles. The van der Waals surface area contributed by atoms with Crippen molar-refractivity contribution in [2.75, 3.05) is 6.54 Å². The van der Waals surface area contributed by atoms with Crippen LogP contribution < -0.4 is 5.32 Å². The molecule has 0 amide bonds. The summed E-state index contributed by atoms with van der Waals surface area (Å²) in [4.78, 5) is 0. The topological polar surface area (TPSA) is 55.6 Å². The Balaban J connectivity index is 1.96. The normalized spacial score (nSPS) is 12.8. The van der Waals surface area contributed by atoms with Crippen molar-refractivity contribution >= 4 is 0 Å². The van der Waals surface area contributed by atoms with Crippen molar-refractivity contribution in [3.05, 3.63) is 41.5 Å². The number of aryl methyl sites for hydroxylation is 2. The molecule has 1 heterocycles. The summed E-state index contributed by atoms with van der Waals surface area (Å²) >= 11 is 0. The number of hydrogen-bond donors (Lipinski definition) is 1. The fourth-order valence-corrected chi connectivity index (χ4v) is 2.11. The van der Waals surface area contributed by atoms with Gasteiger partial charge < -0.3 is 5.32 Å². The van der Waals surface area contributed by atoms with Gasteiger partial charge in [0.15, 0.2) is 5.82 Å². The third kappa shape index (κ3) is 4.60. The zero-order valence-electron chi connectivity index (χ0n) is 12.8. The molecule has 0 aliphatic rings. The molecule has 1 aromatic heterocycles. The van der Waals surface area contributed by atoms with Crippen LogP contribution in [0.25, 0.3) is 0 Å². The SMILES string of the molecule is CC(C)CNC(C)c1nnnn1CCc1cccc(F)c1. The highest BCUT2D eigenvalue weighted by molar-refractivity contribution is 5.16. The maximum absolute atomic E-state index is 13.2. The first-order valence-corrected chi connectivity index (χ1v) is 7.30. The number of rotatable bonds is 7. The van der Waals surface area contributed by atoms with Crippen molar-refractivity contribution in [1.29, 1.82) is 0 Å². The molecule has 0 aliphatic heterocycles. The molecule has 0 aliphatic carbocycles. The van der Waals surface area contributed by atoms with Gasteiger partial charge in [-0.15, -0.1) is 5.10 Å². The van der Waals surface area contributed by atoms with Gasteiger partial charge in [0.1, 0.15) is 5.82 Å². The summed E-state index contributed by atoms with van der Waals surface area (Å²) in [5.41, 5.74) is 0.944. The maximum Gasteiger partial charge on any atom is 0.167 e. The van der Waals surface area contributed by atoms with E-state index in [9.17, 15) is 4.39 Å². The summed E-state index contributed by atoms with van der Waals surface area (Å²) in [6, 6.07) is 6.72. The summed E-state index contributed by atoms with van der Waals surface area (Å²) in [6.07, 6.45) is 0.701. The van der Waals surface area contributed by atoms with Crippen LogP contribution in [0.1, 0.15) is 38.2 Å². The van der Waals surface area contributed by atoms with Gasteiger partial charge in [-0.1, -0.05) is 26.0 Å². The second-order valence-corrected chi connectivity index (χ2v) is 5.66. The van der Waals surface area contributed by atoms with Crippen LogP contribution in [-0.2, 0) is 13.0 Å². The highest BCUT2D eigenvalue weighted by Crippen LogP contribution is 2.10. The minimum atomic E-state index is -0.212. The largest absolute Gasteiger partial charge is 0.307 e. The Morgan fingerprint density at radius 1 is 1.29 bits per heavy atom. The zero-order valence-corrected chi connectivity index (χ0v) is 12.8. The van der Waals surface area contributed by atoms with E-state index in [1.165, 1.54) is 6.07 Å². The highest BCUT2D eigenvalue weighted by Gasteiger charge is 2.14. The maximum atomic E-state index is 13.2. The number of aromatic nitrogens is 4. The predicted molar refractivity (Wildman–Crippen MR) is 79.2 cm³/mol. The molecule has 0 spiro atoms. The first-order valence-electron chi connectivity index (χ1n) is 7.30. The van der Waals surface area contributed by atoms with Gasteiger partial charge in [-0.3, -0.25) is 0 Å². The molecule has 1 aromatic carbocycles. The number of halogens is 1. The lowest BCUT2D eigenvalue weighted by atomic mass is 10.1. The lowest BCUT2D eigenvalue weighted by molar-refractivity contribution is 0.452. The molecule has 2 aromatic rings. The Bertz CT molecular complexity index is 567. The van der Waals surface area contributed by atoms with Crippen LogP contribution in [0.15, 0.2) is 24.3 Å². The third-order valence-corrected chi connectivity index (χ3v) is 3.28. The molecule has 1 unspecified atom stereocenters. The van der Waals surface area contributed by atoms with Gasteiger partial charge in [0.2, 0.25) is 0 Å². The van der Waals surface area contributed by atoms with Crippen LogP contribution in [0, 0.1) is 11.7 Å². The van der Waals surface area contributed by atoms with E-state index in [0.717, 1.165) is 17.9 Å². The molecule has 21 heavy (non-hydrogen) atoms. The fourth-order valence-electron chi connectivity index (χ4n) is 2.11. The number of hydrogen-bond acceptors (Lipinski definition) is 4. The highest BCUT2D eigenvalue weighted by atomic mass is 19.1. The molecule has 6 heteroatoms. The van der Waals surface area contributed by atoms with Gasteiger partial charge >= 0.3 is 0 Å². The number of nitrogens with one attached hydrogen (secondary N) is 1. The van der Waals surface area contributed by atoms with E-state index in [4.69, 9.17) is 0 Å². The minimum Gasteiger partial charge on any atom is -0.307 e. The van der Waals surface area contributed by atoms with Gasteiger partial charge in [0.25, 0.3) is 0 Å². The third-order valence-electron chi connectivity index (χ3n) is 3.28. The van der Waals surface area contributed by atoms with Crippen molar-refractivity contribution in [2.45, 2.75) is 39.8 Å². The Labute approximate surface area is 124 Å². The van der Waals surface area contributed by atoms with Crippen molar-refractivity contribution in [3.8, 4) is 0 Å². The lowest BCUT2D eigenvalue weighted by Crippen LogP contribution is -2.26. The van der Waals surface area contributed by atoms with Gasteiger partial charge in [-0.05, 0) is 53.9 Å². The first-order chi connectivity index (χ1) is 10.1. The Morgan fingerprint density at radius 3 is 2.81 bits per heavy atom. The Morgan fingerprint density at radius 2 is 2.10 bits per heavy atom. The average molecular weight is 291 g/mol. The summed E-state index contributed by atoms with van der Waals surface area (Å²) in [5, 5.41) is 15.3. The first kappa shape index (κ1) is 15.6. The molecular weight excluding hydrogens is 269 g/mol. The quantitative estimate of drug-likeness (QED) is 0.851. The molecule has 1 N–H and O–H groups in total. The van der Waals surface area contributed by atoms with E-state index >= 15 is 0 Å². The van der Waals surface area contributed by atoms with Gasteiger partial charge in [0.05, 0.1) is 6.04 Å². The van der Waals surface area contributed by atoms with Crippen LogP contribution in [0.4, 0.5) is 4.39 Å². The second-order valence-electron chi connectivity index (χ2n) is 5.66. The number of nitrogens with zero attached hydrogens (tertiary/aromatic N) is 4. The Hall–Kier alpha value is -1.82. The van der Waals surface area contributed by atoms with Crippen LogP contribution in [0.5, 0.6) is 0 Å². The van der Waals surface area contributed by atoms with E-state index in [1.54, 1.807) is 16.8 Å². The van der Waals surface area contributed by atoms with Gasteiger partial charge in [-0.25, -0.2) is 9.07 Å². The fraction of sp³-hybridized carbons (Fsp3) is 0.533. The van der Waals surface area contributed by atoms with Crippen LogP contribution in [-0.4, -0.2) is 26.8 Å². The van der Waals surface area contributed by atoms with Gasteiger partial charge in [0, 0.05) is 6.54 Å². The smallest absolute Gasteiger partial charge is 0.167 e. The second kappa shape index (κ2) is 7.26. The van der Waals surface area contributed by atoms with Crippen LogP contribution >= 0.6 is 0 Å². The Kier molecular flexibility index (Phi) is 5.38. The number of tetrazole rings is 1. The number of benzene rings is 1. The van der Waals surface area contributed by atoms with E-state index in [0.29, 0.717) is 18.9 Å². The summed E-state index contributed by atoms with van der Waals surface area (Å²) in [6.45, 7) is 7.92. The van der Waals surface area contributed by atoms with Crippen molar-refractivity contribution in [2.24, 2.45) is 5.92 Å². The van der Waals surface area contributed by atoms with E-state index in [-0.39, 0.29) is 11.9 Å². The van der Waals surface area contributed by atoms with Crippen molar-refractivity contribution in [3.63, 3.8) is 0 Å². The predicted octanol–water partition coefficient (Wildman–Crippen LogP) is 2.36. The standard InChI is InChI=1S/C15H22FN5/c1-11(2)10-17-12(3)15-18-19-20-21(15)8-7-13-5-4-6-14(16)9-13/h4-6,9,11-12,17H,7-8,10H2,1-3H3. The monoisotopic (exact) mass is 291 g/mol. The zero-order chi connectivity index (χ0) is 15.2. The van der Waals surface area contributed by atoms with Gasteiger partial charge in [-0.2, -0.15) is 0 Å². The van der Waals surface area contributed by atoms with Crippen LogP contribution in [0.2, 0.25) is 0 Å². The molecule has 2 rings (SSSR count). The van der Waals surface area contributed by atoms with Crippen molar-refractivity contribution < 1.29 is 4.39 Å². The summed E-state index contributed by atoms with van der Waals surface area (Å²) < 4.78 is 14.9. The molecule has 0 radical (unpaired) electrons. The van der Waals surface area contributed by atoms with E-state index < -0.39 is 0 Å². The average Bonchev–Trinajstić information content (AvgIpc) is 2.91. The van der Waals surface area contributed by atoms with Crippen LogP contribution in [0.3, 0.4) is 0 Å². The lowest BCUT2D eigenvalue weighted by Gasteiger charge is -2.15. The molecule has 0 bridgehead atoms. The van der Waals surface area contributed by atoms with E-state index in [1.807, 2.05) is 13.0 Å². The molecule has 0 fully saturated rings. The van der Waals surface area contributed by atoms with Crippen molar-refractivity contribution in [1.82, 2.24) is 25.5 Å². The minimum absolute atomic E-state index is 0.0925. The summed E-state index contributed by atoms with van der Waals surface area (Å²) in [7, 11) is 0. The van der Waals surface area contributed by atoms with E-state index in [2.05, 4.69) is 34.7 Å².